The van der Waals surface area contributed by atoms with Crippen molar-refractivity contribution in [1.82, 2.24) is 4.72 Å². The molecule has 1 aromatic rings. The van der Waals surface area contributed by atoms with Crippen molar-refractivity contribution in [1.29, 1.82) is 0 Å². The fraction of sp³-hybridized carbons (Fsp3) is 0.500. The van der Waals surface area contributed by atoms with E-state index in [1.165, 1.54) is 12.1 Å². The molecule has 0 saturated carbocycles. The number of sulfonamides is 1. The molecule has 1 aromatic carbocycles. The fourth-order valence-electron chi connectivity index (χ4n) is 1.54. The van der Waals surface area contributed by atoms with Crippen molar-refractivity contribution in [3.63, 3.8) is 0 Å². The molecule has 0 heterocycles. The molecular weight excluding hydrogens is 274 g/mol. The summed E-state index contributed by atoms with van der Waals surface area (Å²) >= 11 is 5.87. The first-order chi connectivity index (χ1) is 8.42. The maximum absolute atomic E-state index is 12.1. The predicted molar refractivity (Wildman–Crippen MR) is 72.1 cm³/mol. The molecule has 102 valence electrons. The molecule has 1 rings (SSSR count). The first-order valence-corrected chi connectivity index (χ1v) is 7.66. The zero-order valence-electron chi connectivity index (χ0n) is 10.4. The van der Waals surface area contributed by atoms with Gasteiger partial charge in [0.1, 0.15) is 4.90 Å². The standard InChI is InChI=1S/C12H18ClNO3S/c1-3-9(2)11(8-15)14-18(16,17)12-7-5-4-6-10(12)13/h4-7,9,11,14-15H,3,8H2,1-2H3/t9-,11+/m0/s1. The molecule has 0 bridgehead atoms. The van der Waals surface area contributed by atoms with Crippen LogP contribution in [0.4, 0.5) is 0 Å². The molecule has 0 unspecified atom stereocenters. The monoisotopic (exact) mass is 291 g/mol. The fourth-order valence-corrected chi connectivity index (χ4v) is 3.40. The average molecular weight is 292 g/mol. The number of halogens is 1. The second-order valence-corrected chi connectivity index (χ2v) is 6.32. The van der Waals surface area contributed by atoms with Gasteiger partial charge in [-0.05, 0) is 18.1 Å². The van der Waals surface area contributed by atoms with E-state index in [1.54, 1.807) is 12.1 Å². The smallest absolute Gasteiger partial charge is 0.242 e. The molecule has 0 amide bonds. The van der Waals surface area contributed by atoms with Gasteiger partial charge in [-0.15, -0.1) is 0 Å². The quantitative estimate of drug-likeness (QED) is 0.843. The van der Waals surface area contributed by atoms with Gasteiger partial charge in [0, 0.05) is 6.04 Å². The third-order valence-corrected chi connectivity index (χ3v) is 4.95. The molecule has 2 atom stereocenters. The third-order valence-electron chi connectivity index (χ3n) is 2.96. The van der Waals surface area contributed by atoms with Crippen molar-refractivity contribution in [2.75, 3.05) is 6.61 Å². The summed E-state index contributed by atoms with van der Waals surface area (Å²) in [5, 5.41) is 9.42. The number of benzene rings is 1. The van der Waals surface area contributed by atoms with Crippen LogP contribution < -0.4 is 4.72 Å². The van der Waals surface area contributed by atoms with Gasteiger partial charge in [-0.3, -0.25) is 0 Å². The van der Waals surface area contributed by atoms with Gasteiger partial charge in [-0.25, -0.2) is 13.1 Å². The van der Waals surface area contributed by atoms with E-state index >= 15 is 0 Å². The summed E-state index contributed by atoms with van der Waals surface area (Å²) in [6.45, 7) is 3.59. The van der Waals surface area contributed by atoms with Gasteiger partial charge >= 0.3 is 0 Å². The lowest BCUT2D eigenvalue weighted by molar-refractivity contribution is 0.219. The van der Waals surface area contributed by atoms with Gasteiger partial charge in [-0.2, -0.15) is 0 Å². The summed E-state index contributed by atoms with van der Waals surface area (Å²) in [6.07, 6.45) is 0.774. The van der Waals surface area contributed by atoms with Crippen molar-refractivity contribution < 1.29 is 13.5 Å². The highest BCUT2D eigenvalue weighted by Crippen LogP contribution is 2.21. The zero-order chi connectivity index (χ0) is 13.8. The molecule has 0 spiro atoms. The number of aliphatic hydroxyl groups is 1. The van der Waals surface area contributed by atoms with Crippen LogP contribution in [-0.2, 0) is 10.0 Å². The molecule has 0 saturated heterocycles. The van der Waals surface area contributed by atoms with Crippen LogP contribution in [0.2, 0.25) is 5.02 Å². The molecule has 0 radical (unpaired) electrons. The summed E-state index contributed by atoms with van der Waals surface area (Å²) in [4.78, 5) is 0.0356. The van der Waals surface area contributed by atoms with E-state index in [0.717, 1.165) is 6.42 Å². The first kappa shape index (κ1) is 15.4. The normalized spacial score (nSPS) is 15.3. The largest absolute Gasteiger partial charge is 0.395 e. The Kier molecular flexibility index (Phi) is 5.59. The summed E-state index contributed by atoms with van der Waals surface area (Å²) in [6, 6.07) is 5.73. The van der Waals surface area contributed by atoms with Gasteiger partial charge in [0.2, 0.25) is 10.0 Å². The van der Waals surface area contributed by atoms with E-state index in [-0.39, 0.29) is 22.4 Å². The molecule has 18 heavy (non-hydrogen) atoms. The van der Waals surface area contributed by atoms with Gasteiger partial charge < -0.3 is 5.11 Å². The van der Waals surface area contributed by atoms with E-state index < -0.39 is 16.1 Å². The van der Waals surface area contributed by atoms with Crippen LogP contribution in [0.25, 0.3) is 0 Å². The minimum Gasteiger partial charge on any atom is -0.395 e. The van der Waals surface area contributed by atoms with Crippen molar-refractivity contribution in [2.24, 2.45) is 5.92 Å². The Morgan fingerprint density at radius 1 is 1.39 bits per heavy atom. The Hall–Kier alpha value is -0.620. The van der Waals surface area contributed by atoms with Crippen molar-refractivity contribution in [2.45, 2.75) is 31.2 Å². The van der Waals surface area contributed by atoms with Crippen LogP contribution in [0, 0.1) is 5.92 Å². The number of aliphatic hydroxyl groups excluding tert-OH is 1. The zero-order valence-corrected chi connectivity index (χ0v) is 12.0. The molecule has 0 aliphatic rings. The summed E-state index contributed by atoms with van der Waals surface area (Å²) in [7, 11) is -3.70. The van der Waals surface area contributed by atoms with Gasteiger partial charge in [0.25, 0.3) is 0 Å². The van der Waals surface area contributed by atoms with E-state index in [4.69, 9.17) is 11.6 Å². The number of nitrogens with one attached hydrogen (secondary N) is 1. The third kappa shape index (κ3) is 3.68. The lowest BCUT2D eigenvalue weighted by atomic mass is 10.0. The maximum Gasteiger partial charge on any atom is 0.242 e. The topological polar surface area (TPSA) is 66.4 Å². The van der Waals surface area contributed by atoms with Crippen molar-refractivity contribution in [3.05, 3.63) is 29.3 Å². The van der Waals surface area contributed by atoms with Gasteiger partial charge in [0.15, 0.2) is 0 Å². The number of rotatable bonds is 6. The highest BCUT2D eigenvalue weighted by atomic mass is 35.5. The minimum atomic E-state index is -3.70. The SMILES string of the molecule is CC[C@H](C)[C@@H](CO)NS(=O)(=O)c1ccccc1Cl. The maximum atomic E-state index is 12.1. The molecule has 0 aliphatic heterocycles. The lowest BCUT2D eigenvalue weighted by Gasteiger charge is -2.22. The average Bonchev–Trinajstić information content (AvgIpc) is 2.35. The molecule has 4 nitrogen and oxygen atoms in total. The summed E-state index contributed by atoms with van der Waals surface area (Å²) < 4.78 is 26.8. The summed E-state index contributed by atoms with van der Waals surface area (Å²) in [5.41, 5.74) is 0. The van der Waals surface area contributed by atoms with Crippen LogP contribution in [-0.4, -0.2) is 26.2 Å². The van der Waals surface area contributed by atoms with Gasteiger partial charge in [-0.1, -0.05) is 44.0 Å². The molecule has 0 aliphatic carbocycles. The van der Waals surface area contributed by atoms with E-state index in [0.29, 0.717) is 0 Å². The first-order valence-electron chi connectivity index (χ1n) is 5.80. The van der Waals surface area contributed by atoms with E-state index in [9.17, 15) is 13.5 Å². The second-order valence-electron chi connectivity index (χ2n) is 4.23. The Balaban J connectivity index is 2.98. The van der Waals surface area contributed by atoms with Crippen LogP contribution in [0.3, 0.4) is 0 Å². The minimum absolute atomic E-state index is 0.0356. The van der Waals surface area contributed by atoms with Crippen LogP contribution in [0.5, 0.6) is 0 Å². The summed E-state index contributed by atoms with van der Waals surface area (Å²) in [5.74, 6) is 0.0484. The Labute approximate surface area is 113 Å². The Bertz CT molecular complexity index is 490. The van der Waals surface area contributed by atoms with Crippen molar-refractivity contribution >= 4 is 21.6 Å². The highest BCUT2D eigenvalue weighted by Gasteiger charge is 2.24. The van der Waals surface area contributed by atoms with Crippen LogP contribution in [0.15, 0.2) is 29.2 Å². The highest BCUT2D eigenvalue weighted by molar-refractivity contribution is 7.89. The van der Waals surface area contributed by atoms with Crippen molar-refractivity contribution in [3.8, 4) is 0 Å². The molecular formula is C12H18ClNO3S. The van der Waals surface area contributed by atoms with Crippen LogP contribution >= 0.6 is 11.6 Å². The molecule has 0 aromatic heterocycles. The second kappa shape index (κ2) is 6.52. The molecule has 2 N–H and O–H groups in total. The molecule has 6 heteroatoms. The lowest BCUT2D eigenvalue weighted by Crippen LogP contribution is -2.41. The van der Waals surface area contributed by atoms with E-state index in [2.05, 4.69) is 4.72 Å². The number of hydrogen-bond donors (Lipinski definition) is 2. The number of hydrogen-bond acceptors (Lipinski definition) is 3. The molecule has 0 fully saturated rings. The van der Waals surface area contributed by atoms with Crippen LogP contribution in [0.1, 0.15) is 20.3 Å². The van der Waals surface area contributed by atoms with Gasteiger partial charge in [0.05, 0.1) is 11.6 Å². The Morgan fingerprint density at radius 2 is 2.00 bits per heavy atom. The Morgan fingerprint density at radius 3 is 2.50 bits per heavy atom. The predicted octanol–water partition coefficient (Wildman–Crippen LogP) is 2.03. The van der Waals surface area contributed by atoms with E-state index in [1.807, 2.05) is 13.8 Å².